The molecular weight excluding hydrogens is 462 g/mol. The van der Waals surface area contributed by atoms with Crippen LogP contribution in [-0.4, -0.2) is 54.0 Å². The van der Waals surface area contributed by atoms with Gasteiger partial charge >= 0.3 is 6.09 Å². The van der Waals surface area contributed by atoms with Crippen LogP contribution in [0.4, 0.5) is 10.6 Å². The Morgan fingerprint density at radius 2 is 1.72 bits per heavy atom. The normalized spacial score (nSPS) is 11.4. The van der Waals surface area contributed by atoms with Gasteiger partial charge in [0.2, 0.25) is 0 Å². The number of anilines is 1. The lowest BCUT2D eigenvalue weighted by molar-refractivity contribution is 0.0520. The Labute approximate surface area is 208 Å². The van der Waals surface area contributed by atoms with E-state index >= 15 is 0 Å². The van der Waals surface area contributed by atoms with Gasteiger partial charge in [-0.05, 0) is 44.4 Å². The Hall–Kier alpha value is -4.34. The summed E-state index contributed by atoms with van der Waals surface area (Å²) in [6, 6.07) is 7.46. The number of methoxy groups -OCH3 is 2. The Balaban J connectivity index is 1.59. The van der Waals surface area contributed by atoms with E-state index in [0.717, 1.165) is 27.2 Å². The minimum Gasteiger partial charge on any atom is -0.493 e. The fourth-order valence-electron chi connectivity index (χ4n) is 3.68. The van der Waals surface area contributed by atoms with Crippen LogP contribution in [0.3, 0.4) is 0 Å². The van der Waals surface area contributed by atoms with Crippen LogP contribution in [0.15, 0.2) is 42.9 Å². The number of nitrogens with zero attached hydrogens (tertiary/aromatic N) is 3. The van der Waals surface area contributed by atoms with Crippen molar-refractivity contribution < 1.29 is 23.7 Å². The summed E-state index contributed by atoms with van der Waals surface area (Å²) < 4.78 is 21.9. The lowest BCUT2D eigenvalue weighted by Gasteiger charge is -2.19. The highest BCUT2D eigenvalue weighted by molar-refractivity contribution is 6.10. The average Bonchev–Trinajstić information content (AvgIpc) is 2.84. The van der Waals surface area contributed by atoms with Crippen molar-refractivity contribution in [1.82, 2.24) is 20.3 Å². The number of ether oxygens (including phenoxy) is 4. The molecule has 3 aromatic heterocycles. The molecule has 0 spiro atoms. The molecule has 3 heterocycles. The van der Waals surface area contributed by atoms with Gasteiger partial charge in [0.25, 0.3) is 0 Å². The van der Waals surface area contributed by atoms with Crippen LogP contribution in [0.25, 0.3) is 32.9 Å². The van der Waals surface area contributed by atoms with Crippen LogP contribution >= 0.6 is 0 Å². The largest absolute Gasteiger partial charge is 0.493 e. The number of rotatable bonds is 7. The van der Waals surface area contributed by atoms with Gasteiger partial charge in [-0.3, -0.25) is 9.97 Å². The summed E-state index contributed by atoms with van der Waals surface area (Å²) in [5, 5.41) is 5.11. The lowest BCUT2D eigenvalue weighted by Crippen LogP contribution is -2.34. The molecule has 36 heavy (non-hydrogen) atoms. The summed E-state index contributed by atoms with van der Waals surface area (Å²) >= 11 is 0. The quantitative estimate of drug-likeness (QED) is 0.286. The van der Waals surface area contributed by atoms with Gasteiger partial charge < -0.3 is 30.0 Å². The summed E-state index contributed by atoms with van der Waals surface area (Å²) in [4.78, 5) is 25.1. The number of hydrogen-bond donors (Lipinski definition) is 2. The van der Waals surface area contributed by atoms with Crippen LogP contribution in [0.1, 0.15) is 20.8 Å². The SMILES string of the molecule is COc1cc2ncc3c(N)nc(-c4cncc(OCCNC(=O)OC(C)(C)C)c4)cc3c2cc1OC. The fourth-order valence-corrected chi connectivity index (χ4v) is 3.68. The average molecular weight is 492 g/mol. The number of pyridine rings is 3. The zero-order valence-electron chi connectivity index (χ0n) is 20.9. The van der Waals surface area contributed by atoms with Crippen LogP contribution in [0, 0.1) is 0 Å². The monoisotopic (exact) mass is 491 g/mol. The molecule has 0 fully saturated rings. The van der Waals surface area contributed by atoms with E-state index in [1.54, 1.807) is 53.6 Å². The first-order valence-electron chi connectivity index (χ1n) is 11.3. The number of carbonyl (C=O) groups is 1. The van der Waals surface area contributed by atoms with Gasteiger partial charge in [0.05, 0.1) is 38.2 Å². The molecule has 0 unspecified atom stereocenters. The van der Waals surface area contributed by atoms with Gasteiger partial charge in [0.15, 0.2) is 11.5 Å². The summed E-state index contributed by atoms with van der Waals surface area (Å²) in [5.41, 5.74) is 7.85. The smallest absolute Gasteiger partial charge is 0.407 e. The van der Waals surface area contributed by atoms with Gasteiger partial charge in [0, 0.05) is 34.8 Å². The number of nitrogen functional groups attached to an aromatic ring is 1. The minimum absolute atomic E-state index is 0.246. The summed E-state index contributed by atoms with van der Waals surface area (Å²) in [5.74, 6) is 2.06. The van der Waals surface area contributed by atoms with E-state index in [2.05, 4.69) is 20.3 Å². The topological polar surface area (TPSA) is 131 Å². The van der Waals surface area contributed by atoms with Gasteiger partial charge in [-0.1, -0.05) is 0 Å². The van der Waals surface area contributed by atoms with Crippen LogP contribution in [-0.2, 0) is 4.74 Å². The zero-order valence-corrected chi connectivity index (χ0v) is 20.9. The predicted molar refractivity (Wildman–Crippen MR) is 138 cm³/mol. The molecule has 10 nitrogen and oxygen atoms in total. The first-order valence-corrected chi connectivity index (χ1v) is 11.3. The molecule has 0 saturated heterocycles. The van der Waals surface area contributed by atoms with Crippen molar-refractivity contribution in [3.8, 4) is 28.5 Å². The third-order valence-corrected chi connectivity index (χ3v) is 5.26. The lowest BCUT2D eigenvalue weighted by atomic mass is 10.0. The highest BCUT2D eigenvalue weighted by Crippen LogP contribution is 2.37. The molecule has 0 saturated carbocycles. The van der Waals surface area contributed by atoms with Crippen molar-refractivity contribution >= 4 is 33.6 Å². The molecule has 1 aromatic carbocycles. The van der Waals surface area contributed by atoms with E-state index < -0.39 is 11.7 Å². The van der Waals surface area contributed by atoms with Crippen molar-refractivity contribution in [2.75, 3.05) is 33.1 Å². The summed E-state index contributed by atoms with van der Waals surface area (Å²) in [6.07, 6.45) is 4.49. The number of carbonyl (C=O) groups excluding carboxylic acids is 1. The van der Waals surface area contributed by atoms with Gasteiger partial charge in [-0.15, -0.1) is 0 Å². The number of fused-ring (bicyclic) bond motifs is 3. The van der Waals surface area contributed by atoms with Crippen molar-refractivity contribution in [2.45, 2.75) is 26.4 Å². The fraction of sp³-hybridized carbons (Fsp3) is 0.308. The van der Waals surface area contributed by atoms with E-state index in [9.17, 15) is 4.79 Å². The molecule has 4 aromatic rings. The Morgan fingerprint density at radius 3 is 2.44 bits per heavy atom. The van der Waals surface area contributed by atoms with Crippen LogP contribution in [0.2, 0.25) is 0 Å². The van der Waals surface area contributed by atoms with Crippen molar-refractivity contribution in [3.63, 3.8) is 0 Å². The second kappa shape index (κ2) is 10.1. The van der Waals surface area contributed by atoms with Crippen molar-refractivity contribution in [2.24, 2.45) is 0 Å². The standard InChI is InChI=1S/C26H29N5O5/c1-26(2,3)36-25(32)29-6-7-35-16-8-15(12-28-13-16)20-9-17-18-10-22(33-4)23(34-5)11-21(18)30-14-19(17)24(27)31-20/h8-14H,6-7H2,1-5H3,(H2,27,31)(H,29,32). The third kappa shape index (κ3) is 5.48. The number of alkyl carbamates (subject to hydrolysis) is 1. The predicted octanol–water partition coefficient (Wildman–Crippen LogP) is 4.35. The maximum atomic E-state index is 11.8. The second-order valence-corrected chi connectivity index (χ2v) is 9.02. The molecular formula is C26H29N5O5. The first kappa shape index (κ1) is 24.8. The Bertz CT molecular complexity index is 1420. The minimum atomic E-state index is -0.559. The molecule has 10 heteroatoms. The second-order valence-electron chi connectivity index (χ2n) is 9.02. The number of nitrogens with two attached hydrogens (primary N) is 1. The van der Waals surface area contributed by atoms with Crippen molar-refractivity contribution in [3.05, 3.63) is 42.9 Å². The van der Waals surface area contributed by atoms with Gasteiger partial charge in [-0.25, -0.2) is 9.78 Å². The van der Waals surface area contributed by atoms with E-state index in [-0.39, 0.29) is 13.2 Å². The summed E-state index contributed by atoms with van der Waals surface area (Å²) in [7, 11) is 3.17. The Kier molecular flexibility index (Phi) is 6.96. The Morgan fingerprint density at radius 1 is 0.972 bits per heavy atom. The molecule has 1 amide bonds. The number of aromatic nitrogens is 3. The van der Waals surface area contributed by atoms with E-state index in [1.165, 1.54) is 0 Å². The molecule has 188 valence electrons. The number of benzene rings is 1. The van der Waals surface area contributed by atoms with E-state index in [1.807, 2.05) is 24.3 Å². The molecule has 0 aliphatic heterocycles. The molecule has 3 N–H and O–H groups in total. The molecule has 4 rings (SSSR count). The molecule has 0 atom stereocenters. The molecule has 0 aliphatic carbocycles. The highest BCUT2D eigenvalue weighted by Gasteiger charge is 2.16. The van der Waals surface area contributed by atoms with E-state index in [4.69, 9.17) is 24.7 Å². The number of hydrogen-bond acceptors (Lipinski definition) is 9. The molecule has 0 aliphatic rings. The number of nitrogens with one attached hydrogen (secondary N) is 1. The molecule has 0 bridgehead atoms. The maximum absolute atomic E-state index is 11.8. The highest BCUT2D eigenvalue weighted by atomic mass is 16.6. The number of amides is 1. The third-order valence-electron chi connectivity index (χ3n) is 5.26. The van der Waals surface area contributed by atoms with Crippen LogP contribution < -0.4 is 25.3 Å². The van der Waals surface area contributed by atoms with Crippen molar-refractivity contribution in [1.29, 1.82) is 0 Å². The summed E-state index contributed by atoms with van der Waals surface area (Å²) in [6.45, 7) is 5.95. The van der Waals surface area contributed by atoms with Crippen LogP contribution in [0.5, 0.6) is 17.2 Å². The maximum Gasteiger partial charge on any atom is 0.407 e. The van der Waals surface area contributed by atoms with E-state index in [0.29, 0.717) is 28.8 Å². The van der Waals surface area contributed by atoms with Gasteiger partial charge in [0.1, 0.15) is 23.8 Å². The first-order chi connectivity index (χ1) is 17.2. The molecule has 0 radical (unpaired) electrons. The van der Waals surface area contributed by atoms with Gasteiger partial charge in [-0.2, -0.15) is 0 Å². The zero-order chi connectivity index (χ0) is 25.9.